The Hall–Kier alpha value is -2.12. The van der Waals surface area contributed by atoms with Crippen LogP contribution in [-0.4, -0.2) is 5.11 Å². The maximum Gasteiger partial charge on any atom is 0.0762 e. The second kappa shape index (κ2) is 4.87. The number of fused-ring (bicyclic) bond motifs is 1. The zero-order valence-corrected chi connectivity index (χ0v) is 10.9. The molecule has 0 aliphatic rings. The van der Waals surface area contributed by atoms with Crippen LogP contribution >= 0.6 is 0 Å². The van der Waals surface area contributed by atoms with Crippen molar-refractivity contribution in [1.29, 1.82) is 0 Å². The van der Waals surface area contributed by atoms with Gasteiger partial charge in [-0.15, -0.1) is 0 Å². The molecule has 0 bridgehead atoms. The lowest BCUT2D eigenvalue weighted by Crippen LogP contribution is -1.91. The molecule has 0 aliphatic heterocycles. The zero-order valence-electron chi connectivity index (χ0n) is 10.9. The zero-order chi connectivity index (χ0) is 13.2. The van der Waals surface area contributed by atoms with Gasteiger partial charge in [0.1, 0.15) is 0 Å². The van der Waals surface area contributed by atoms with E-state index in [1.165, 1.54) is 16.3 Å². The molecule has 0 heterocycles. The molecule has 0 spiro atoms. The van der Waals surface area contributed by atoms with Gasteiger partial charge in [-0.3, -0.25) is 0 Å². The predicted molar refractivity (Wildman–Crippen MR) is 80.0 cm³/mol. The van der Waals surface area contributed by atoms with Gasteiger partial charge < -0.3 is 5.11 Å². The standard InChI is InChI=1S/C18H16O/c1-13(19)15-8-4-9-16(12-15)18-11-5-7-14-6-2-3-10-17(14)18/h2-13,19H,1H3/t13-/m0/s1. The van der Waals surface area contributed by atoms with Crippen molar-refractivity contribution in [3.8, 4) is 11.1 Å². The minimum atomic E-state index is -0.435. The summed E-state index contributed by atoms with van der Waals surface area (Å²) in [5, 5.41) is 12.2. The molecule has 3 aromatic rings. The number of aliphatic hydroxyl groups is 1. The molecule has 0 fully saturated rings. The molecule has 1 atom stereocenters. The summed E-state index contributed by atoms with van der Waals surface area (Å²) < 4.78 is 0. The van der Waals surface area contributed by atoms with Crippen molar-refractivity contribution in [1.82, 2.24) is 0 Å². The average molecular weight is 248 g/mol. The summed E-state index contributed by atoms with van der Waals surface area (Å²) in [4.78, 5) is 0. The smallest absolute Gasteiger partial charge is 0.0762 e. The first-order valence-corrected chi connectivity index (χ1v) is 6.52. The monoisotopic (exact) mass is 248 g/mol. The summed E-state index contributed by atoms with van der Waals surface area (Å²) in [5.74, 6) is 0. The fraction of sp³-hybridized carbons (Fsp3) is 0.111. The highest BCUT2D eigenvalue weighted by molar-refractivity contribution is 5.96. The topological polar surface area (TPSA) is 20.2 Å². The van der Waals surface area contributed by atoms with Gasteiger partial charge in [0, 0.05) is 0 Å². The van der Waals surface area contributed by atoms with Crippen LogP contribution in [0.5, 0.6) is 0 Å². The Bertz CT molecular complexity index is 708. The third kappa shape index (κ3) is 2.25. The van der Waals surface area contributed by atoms with Gasteiger partial charge in [0.2, 0.25) is 0 Å². The van der Waals surface area contributed by atoms with E-state index in [0.29, 0.717) is 0 Å². The predicted octanol–water partition coefficient (Wildman–Crippen LogP) is 4.56. The quantitative estimate of drug-likeness (QED) is 0.705. The van der Waals surface area contributed by atoms with Crippen LogP contribution in [0.1, 0.15) is 18.6 Å². The van der Waals surface area contributed by atoms with E-state index in [0.717, 1.165) is 11.1 Å². The first-order valence-electron chi connectivity index (χ1n) is 6.52. The van der Waals surface area contributed by atoms with Crippen LogP contribution < -0.4 is 0 Å². The van der Waals surface area contributed by atoms with Gasteiger partial charge in [-0.1, -0.05) is 60.7 Å². The maximum atomic E-state index is 9.71. The van der Waals surface area contributed by atoms with E-state index < -0.39 is 6.10 Å². The molecule has 0 aromatic heterocycles. The Morgan fingerprint density at radius 3 is 2.42 bits per heavy atom. The van der Waals surface area contributed by atoms with Gasteiger partial charge in [-0.25, -0.2) is 0 Å². The molecule has 1 N–H and O–H groups in total. The number of hydrogen-bond donors (Lipinski definition) is 1. The Labute approximate surface area is 113 Å². The molecule has 19 heavy (non-hydrogen) atoms. The lowest BCUT2D eigenvalue weighted by molar-refractivity contribution is 0.199. The molecule has 1 heteroatoms. The Balaban J connectivity index is 2.22. The number of rotatable bonds is 2. The molecule has 0 saturated carbocycles. The van der Waals surface area contributed by atoms with Crippen LogP contribution in [0.4, 0.5) is 0 Å². The average Bonchev–Trinajstić information content (AvgIpc) is 2.47. The molecular formula is C18H16O. The summed E-state index contributed by atoms with van der Waals surface area (Å²) in [7, 11) is 0. The van der Waals surface area contributed by atoms with Crippen LogP contribution in [0.25, 0.3) is 21.9 Å². The molecule has 0 saturated heterocycles. The van der Waals surface area contributed by atoms with Crippen LogP contribution in [0.2, 0.25) is 0 Å². The summed E-state index contributed by atoms with van der Waals surface area (Å²) >= 11 is 0. The largest absolute Gasteiger partial charge is 0.389 e. The van der Waals surface area contributed by atoms with Gasteiger partial charge in [0.25, 0.3) is 0 Å². The van der Waals surface area contributed by atoms with E-state index in [4.69, 9.17) is 0 Å². The third-order valence-corrected chi connectivity index (χ3v) is 3.47. The lowest BCUT2D eigenvalue weighted by Gasteiger charge is -2.10. The van der Waals surface area contributed by atoms with Crippen molar-refractivity contribution in [2.24, 2.45) is 0 Å². The number of hydrogen-bond acceptors (Lipinski definition) is 1. The molecule has 0 amide bonds. The van der Waals surface area contributed by atoms with Gasteiger partial charge in [-0.2, -0.15) is 0 Å². The van der Waals surface area contributed by atoms with Gasteiger partial charge in [-0.05, 0) is 40.5 Å². The normalized spacial score (nSPS) is 12.5. The van der Waals surface area contributed by atoms with E-state index in [2.05, 4.69) is 54.6 Å². The lowest BCUT2D eigenvalue weighted by atomic mass is 9.96. The summed E-state index contributed by atoms with van der Waals surface area (Å²) in [6.07, 6.45) is -0.435. The molecule has 3 aromatic carbocycles. The van der Waals surface area contributed by atoms with Crippen LogP contribution in [-0.2, 0) is 0 Å². The Kier molecular flexibility index (Phi) is 3.06. The highest BCUT2D eigenvalue weighted by atomic mass is 16.3. The van der Waals surface area contributed by atoms with E-state index in [1.807, 2.05) is 12.1 Å². The first-order chi connectivity index (χ1) is 9.25. The molecular weight excluding hydrogens is 232 g/mol. The highest BCUT2D eigenvalue weighted by Gasteiger charge is 2.06. The number of aliphatic hydroxyl groups excluding tert-OH is 1. The molecule has 0 unspecified atom stereocenters. The van der Waals surface area contributed by atoms with Crippen LogP contribution in [0, 0.1) is 0 Å². The minimum absolute atomic E-state index is 0.435. The third-order valence-electron chi connectivity index (χ3n) is 3.47. The molecule has 1 nitrogen and oxygen atoms in total. The first kappa shape index (κ1) is 11.9. The Morgan fingerprint density at radius 1 is 0.842 bits per heavy atom. The van der Waals surface area contributed by atoms with E-state index >= 15 is 0 Å². The van der Waals surface area contributed by atoms with Crippen LogP contribution in [0.15, 0.2) is 66.7 Å². The summed E-state index contributed by atoms with van der Waals surface area (Å²) in [5.41, 5.74) is 3.31. The van der Waals surface area contributed by atoms with E-state index in [-0.39, 0.29) is 0 Å². The van der Waals surface area contributed by atoms with Crippen molar-refractivity contribution in [3.63, 3.8) is 0 Å². The molecule has 3 rings (SSSR count). The number of benzene rings is 3. The van der Waals surface area contributed by atoms with E-state index in [9.17, 15) is 5.11 Å². The summed E-state index contributed by atoms with van der Waals surface area (Å²) in [6.45, 7) is 1.79. The summed E-state index contributed by atoms with van der Waals surface area (Å²) in [6, 6.07) is 22.8. The van der Waals surface area contributed by atoms with Crippen molar-refractivity contribution < 1.29 is 5.11 Å². The maximum absolute atomic E-state index is 9.71. The van der Waals surface area contributed by atoms with Gasteiger partial charge in [0.05, 0.1) is 6.10 Å². The molecule has 0 aliphatic carbocycles. The Morgan fingerprint density at radius 2 is 1.58 bits per heavy atom. The van der Waals surface area contributed by atoms with E-state index in [1.54, 1.807) is 6.92 Å². The van der Waals surface area contributed by atoms with Crippen LogP contribution in [0.3, 0.4) is 0 Å². The minimum Gasteiger partial charge on any atom is -0.389 e. The van der Waals surface area contributed by atoms with Crippen molar-refractivity contribution in [3.05, 3.63) is 72.3 Å². The van der Waals surface area contributed by atoms with Crippen molar-refractivity contribution in [2.45, 2.75) is 13.0 Å². The molecule has 0 radical (unpaired) electrons. The van der Waals surface area contributed by atoms with Gasteiger partial charge >= 0.3 is 0 Å². The SMILES string of the molecule is C[C@H](O)c1cccc(-c2cccc3ccccc23)c1. The fourth-order valence-electron chi connectivity index (χ4n) is 2.44. The van der Waals surface area contributed by atoms with Crippen molar-refractivity contribution >= 4 is 10.8 Å². The second-order valence-corrected chi connectivity index (χ2v) is 4.83. The second-order valence-electron chi connectivity index (χ2n) is 4.83. The van der Waals surface area contributed by atoms with Gasteiger partial charge in [0.15, 0.2) is 0 Å². The fourth-order valence-corrected chi connectivity index (χ4v) is 2.44. The van der Waals surface area contributed by atoms with Crippen molar-refractivity contribution in [2.75, 3.05) is 0 Å². The highest BCUT2D eigenvalue weighted by Crippen LogP contribution is 2.29. The molecule has 94 valence electrons.